The normalized spacial score (nSPS) is 19.8. The lowest BCUT2D eigenvalue weighted by molar-refractivity contribution is -0.137. The first-order valence-electron chi connectivity index (χ1n) is 8.30. The topological polar surface area (TPSA) is 125 Å². The van der Waals surface area contributed by atoms with E-state index in [1.165, 1.54) is 0 Å². The average molecular weight is 339 g/mol. The van der Waals surface area contributed by atoms with Gasteiger partial charge in [0.2, 0.25) is 6.08 Å². The van der Waals surface area contributed by atoms with E-state index in [2.05, 4.69) is 15.6 Å². The molecule has 0 heterocycles. The fraction of sp³-hybridized carbons (Fsp3) is 0.750. The zero-order valence-corrected chi connectivity index (χ0v) is 13.8. The van der Waals surface area contributed by atoms with E-state index in [0.717, 1.165) is 25.7 Å². The van der Waals surface area contributed by atoms with E-state index in [1.54, 1.807) is 6.08 Å². The van der Waals surface area contributed by atoms with Gasteiger partial charge in [-0.05, 0) is 37.5 Å². The van der Waals surface area contributed by atoms with Crippen LogP contribution in [0, 0.1) is 11.8 Å². The summed E-state index contributed by atoms with van der Waals surface area (Å²) in [5.74, 6) is -0.400. The molecule has 0 aromatic heterocycles. The van der Waals surface area contributed by atoms with Crippen LogP contribution in [0.3, 0.4) is 0 Å². The van der Waals surface area contributed by atoms with Gasteiger partial charge in [0.15, 0.2) is 5.78 Å². The molecule has 0 radical (unpaired) electrons. The summed E-state index contributed by atoms with van der Waals surface area (Å²) in [6, 6.07) is -0.394. The molecule has 8 heteroatoms. The number of nitrogens with zero attached hydrogens (tertiary/aromatic N) is 1. The summed E-state index contributed by atoms with van der Waals surface area (Å²) >= 11 is 0. The van der Waals surface area contributed by atoms with E-state index < -0.39 is 12.0 Å². The van der Waals surface area contributed by atoms with Crippen LogP contribution in [0.25, 0.3) is 0 Å². The molecule has 2 atom stereocenters. The number of urea groups is 1. The molecule has 0 saturated heterocycles. The lowest BCUT2D eigenvalue weighted by Gasteiger charge is -2.28. The summed E-state index contributed by atoms with van der Waals surface area (Å²) in [6.45, 7) is 0.935. The Balaban J connectivity index is 2.15. The van der Waals surface area contributed by atoms with Crippen LogP contribution in [0.2, 0.25) is 0 Å². The molecule has 0 spiro atoms. The fourth-order valence-corrected chi connectivity index (χ4v) is 2.92. The van der Waals surface area contributed by atoms with Crippen molar-refractivity contribution < 1.29 is 24.3 Å². The Morgan fingerprint density at radius 3 is 2.58 bits per heavy atom. The second-order valence-electron chi connectivity index (χ2n) is 6.18. The van der Waals surface area contributed by atoms with Crippen LogP contribution in [0.5, 0.6) is 0 Å². The van der Waals surface area contributed by atoms with Gasteiger partial charge in [0.25, 0.3) is 0 Å². The second-order valence-corrected chi connectivity index (χ2v) is 6.18. The second kappa shape index (κ2) is 11.3. The molecule has 2 unspecified atom stereocenters. The van der Waals surface area contributed by atoms with E-state index in [0.29, 0.717) is 24.9 Å². The van der Waals surface area contributed by atoms with Crippen LogP contribution in [-0.4, -0.2) is 48.6 Å². The van der Waals surface area contributed by atoms with Crippen molar-refractivity contribution in [3.8, 4) is 0 Å². The van der Waals surface area contributed by atoms with Crippen LogP contribution in [0.1, 0.15) is 44.9 Å². The molecule has 0 aromatic rings. The maximum Gasteiger partial charge on any atom is 0.315 e. The zero-order chi connectivity index (χ0) is 17.8. The monoisotopic (exact) mass is 339 g/mol. The molecule has 1 aliphatic carbocycles. The standard InChI is InChI=1S/C16H25N3O5/c20-11-17-8-12-3-1-4-13(7-12)9-18-16(24)19-10-14(21)5-2-6-15(22)23/h12-13H,1-10H2,(H,22,23)(H2,18,19,24). The molecule has 1 saturated carbocycles. The largest absolute Gasteiger partial charge is 0.481 e. The number of carbonyl (C=O) groups is 3. The minimum absolute atomic E-state index is 0.0467. The third kappa shape index (κ3) is 9.05. The maximum absolute atomic E-state index is 11.7. The molecule has 0 bridgehead atoms. The predicted molar refractivity (Wildman–Crippen MR) is 86.3 cm³/mol. The molecule has 8 nitrogen and oxygen atoms in total. The van der Waals surface area contributed by atoms with E-state index >= 15 is 0 Å². The number of hydrogen-bond acceptors (Lipinski definition) is 5. The van der Waals surface area contributed by atoms with Gasteiger partial charge in [-0.15, -0.1) is 0 Å². The summed E-state index contributed by atoms with van der Waals surface area (Å²) in [6.07, 6.45) is 5.97. The van der Waals surface area contributed by atoms with Gasteiger partial charge < -0.3 is 15.7 Å². The van der Waals surface area contributed by atoms with Gasteiger partial charge in [-0.2, -0.15) is 0 Å². The SMILES string of the molecule is O=C=NCC1CCCC(CNC(=O)NCC(=O)CCCC(=O)O)C1. The number of aliphatic imine (C=N–C) groups is 1. The number of isocyanates is 1. The highest BCUT2D eigenvalue weighted by atomic mass is 16.4. The van der Waals surface area contributed by atoms with Crippen LogP contribution in [0.15, 0.2) is 4.99 Å². The van der Waals surface area contributed by atoms with Crippen molar-refractivity contribution >= 4 is 23.9 Å². The van der Waals surface area contributed by atoms with Crippen molar-refractivity contribution in [3.05, 3.63) is 0 Å². The number of ketones is 1. The van der Waals surface area contributed by atoms with Crippen molar-refractivity contribution in [2.24, 2.45) is 16.8 Å². The van der Waals surface area contributed by atoms with E-state index in [-0.39, 0.29) is 31.6 Å². The number of carbonyl (C=O) groups excluding carboxylic acids is 3. The van der Waals surface area contributed by atoms with Crippen molar-refractivity contribution in [3.63, 3.8) is 0 Å². The number of aliphatic carboxylic acids is 1. The number of amides is 2. The minimum Gasteiger partial charge on any atom is -0.481 e. The third-order valence-electron chi connectivity index (χ3n) is 4.15. The Kier molecular flexibility index (Phi) is 9.38. The van der Waals surface area contributed by atoms with Gasteiger partial charge in [0.05, 0.1) is 13.1 Å². The van der Waals surface area contributed by atoms with Gasteiger partial charge in [-0.25, -0.2) is 14.6 Å². The quantitative estimate of drug-likeness (QED) is 0.408. The highest BCUT2D eigenvalue weighted by molar-refractivity contribution is 5.85. The molecule has 0 aliphatic heterocycles. The van der Waals surface area contributed by atoms with E-state index in [9.17, 15) is 19.2 Å². The third-order valence-corrected chi connectivity index (χ3v) is 4.15. The van der Waals surface area contributed by atoms with E-state index in [1.807, 2.05) is 0 Å². The zero-order valence-electron chi connectivity index (χ0n) is 13.8. The summed E-state index contributed by atoms with van der Waals surface area (Å²) in [4.78, 5) is 47.3. The Morgan fingerprint density at radius 2 is 1.88 bits per heavy atom. The smallest absolute Gasteiger partial charge is 0.315 e. The van der Waals surface area contributed by atoms with Gasteiger partial charge in [-0.3, -0.25) is 9.59 Å². The number of carboxylic acids is 1. The Bertz CT molecular complexity index is 488. The minimum atomic E-state index is -0.932. The van der Waals surface area contributed by atoms with Crippen molar-refractivity contribution in [2.75, 3.05) is 19.6 Å². The van der Waals surface area contributed by atoms with Crippen molar-refractivity contribution in [1.82, 2.24) is 10.6 Å². The number of nitrogens with one attached hydrogen (secondary N) is 2. The average Bonchev–Trinajstić information content (AvgIpc) is 2.56. The molecule has 1 fully saturated rings. The van der Waals surface area contributed by atoms with Crippen LogP contribution in [-0.2, 0) is 14.4 Å². The van der Waals surface area contributed by atoms with E-state index in [4.69, 9.17) is 5.11 Å². The van der Waals surface area contributed by atoms with Gasteiger partial charge in [0.1, 0.15) is 0 Å². The summed E-state index contributed by atoms with van der Waals surface area (Å²) < 4.78 is 0. The molecule has 134 valence electrons. The molecular formula is C16H25N3O5. The van der Waals surface area contributed by atoms with Crippen LogP contribution >= 0.6 is 0 Å². The van der Waals surface area contributed by atoms with Crippen LogP contribution in [0.4, 0.5) is 4.79 Å². The first kappa shape index (κ1) is 19.8. The number of hydrogen-bond donors (Lipinski definition) is 3. The lowest BCUT2D eigenvalue weighted by atomic mass is 9.81. The van der Waals surface area contributed by atoms with Crippen molar-refractivity contribution in [1.29, 1.82) is 0 Å². The summed E-state index contributed by atoms with van der Waals surface area (Å²) in [7, 11) is 0. The maximum atomic E-state index is 11.7. The molecule has 1 aliphatic rings. The Labute approximate surface area is 141 Å². The first-order chi connectivity index (χ1) is 11.5. The fourth-order valence-electron chi connectivity index (χ4n) is 2.92. The Morgan fingerprint density at radius 1 is 1.12 bits per heavy atom. The Hall–Kier alpha value is -2.21. The highest BCUT2D eigenvalue weighted by Gasteiger charge is 2.22. The number of rotatable bonds is 10. The van der Waals surface area contributed by atoms with Gasteiger partial charge in [-0.1, -0.05) is 6.42 Å². The number of Topliss-reactive ketones (excluding diaryl/α,β-unsaturated/α-hetero) is 1. The molecule has 2 amide bonds. The molecule has 24 heavy (non-hydrogen) atoms. The summed E-state index contributed by atoms with van der Waals surface area (Å²) in [5.41, 5.74) is 0. The van der Waals surface area contributed by atoms with Crippen LogP contribution < -0.4 is 10.6 Å². The highest BCUT2D eigenvalue weighted by Crippen LogP contribution is 2.28. The molecule has 3 N–H and O–H groups in total. The molecule has 0 aromatic carbocycles. The predicted octanol–water partition coefficient (Wildman–Crippen LogP) is 1.25. The summed E-state index contributed by atoms with van der Waals surface area (Å²) in [5, 5.41) is 13.7. The molecular weight excluding hydrogens is 314 g/mol. The van der Waals surface area contributed by atoms with Gasteiger partial charge in [0, 0.05) is 19.4 Å². The molecule has 1 rings (SSSR count). The van der Waals surface area contributed by atoms with Gasteiger partial charge >= 0.3 is 12.0 Å². The lowest BCUT2D eigenvalue weighted by Crippen LogP contribution is -2.41. The van der Waals surface area contributed by atoms with Crippen molar-refractivity contribution in [2.45, 2.75) is 44.9 Å². The first-order valence-corrected chi connectivity index (χ1v) is 8.30. The number of carboxylic acid groups (broad SMARTS) is 1.